The predicted molar refractivity (Wildman–Crippen MR) is 131 cm³/mol. The average Bonchev–Trinajstić information content (AvgIpc) is 3.65. The molecule has 0 spiro atoms. The van der Waals surface area contributed by atoms with Crippen LogP contribution in [0.15, 0.2) is 41.1 Å². The summed E-state index contributed by atoms with van der Waals surface area (Å²) in [5.41, 5.74) is 1.83. The Morgan fingerprint density at radius 3 is 2.59 bits per heavy atom. The Hall–Kier alpha value is -2.42. The van der Waals surface area contributed by atoms with Gasteiger partial charge in [0, 0.05) is 50.1 Å². The number of methoxy groups -OCH3 is 1. The Kier molecular flexibility index (Phi) is 7.18. The molecule has 34 heavy (non-hydrogen) atoms. The molecule has 5 rings (SSSR count). The molecule has 182 valence electrons. The molecule has 3 aliphatic rings. The van der Waals surface area contributed by atoms with Gasteiger partial charge in [0.1, 0.15) is 5.75 Å². The van der Waals surface area contributed by atoms with Gasteiger partial charge in [0.2, 0.25) is 5.91 Å². The highest BCUT2D eigenvalue weighted by atomic mass is 32.1. The summed E-state index contributed by atoms with van der Waals surface area (Å²) in [4.78, 5) is 30.2. The van der Waals surface area contributed by atoms with E-state index < -0.39 is 0 Å². The third-order valence-corrected chi connectivity index (χ3v) is 8.20. The highest BCUT2D eigenvalue weighted by Crippen LogP contribution is 2.34. The molecule has 0 saturated carbocycles. The molecule has 2 amide bonds. The fourth-order valence-corrected chi connectivity index (χ4v) is 6.33. The van der Waals surface area contributed by atoms with Crippen molar-refractivity contribution in [2.75, 3.05) is 53.0 Å². The molecule has 4 atom stereocenters. The zero-order valence-electron chi connectivity index (χ0n) is 19.7. The topological polar surface area (TPSA) is 71.1 Å². The van der Waals surface area contributed by atoms with Crippen LogP contribution >= 0.6 is 11.3 Å². The molecule has 2 aromatic rings. The standard InChI is InChI=1S/C26H33N3O4S/c1-32-24-17-34-16-22(24)26(31)29-13-20-11-28(12-21(20)14-29)9-7-23(18-5-3-2-4-6-18)27-25(30)19-8-10-33-15-19/h2-6,16-17,19-21,23H,7-15H2,1H3,(H,27,30)/t19?,20?,21?,23-/m0/s1. The average molecular weight is 484 g/mol. The van der Waals surface area contributed by atoms with Gasteiger partial charge < -0.3 is 24.6 Å². The highest BCUT2D eigenvalue weighted by molar-refractivity contribution is 7.08. The number of nitrogens with one attached hydrogen (secondary N) is 1. The summed E-state index contributed by atoms with van der Waals surface area (Å²) in [6.45, 7) is 5.74. The molecule has 0 radical (unpaired) electrons. The molecule has 0 aliphatic carbocycles. The van der Waals surface area contributed by atoms with Crippen LogP contribution in [0.1, 0.15) is 34.8 Å². The summed E-state index contributed by atoms with van der Waals surface area (Å²) < 4.78 is 10.8. The van der Waals surface area contributed by atoms with Gasteiger partial charge in [-0.05, 0) is 30.2 Å². The lowest BCUT2D eigenvalue weighted by molar-refractivity contribution is -0.125. The summed E-state index contributed by atoms with van der Waals surface area (Å²) in [7, 11) is 1.61. The van der Waals surface area contributed by atoms with Crippen molar-refractivity contribution in [1.29, 1.82) is 0 Å². The number of nitrogens with zero attached hydrogens (tertiary/aromatic N) is 2. The van der Waals surface area contributed by atoms with E-state index in [0.717, 1.165) is 51.1 Å². The van der Waals surface area contributed by atoms with Crippen molar-refractivity contribution in [3.8, 4) is 5.75 Å². The summed E-state index contributed by atoms with van der Waals surface area (Å²) in [5.74, 6) is 1.84. The Balaban J connectivity index is 1.15. The lowest BCUT2D eigenvalue weighted by atomic mass is 10.0. The molecular formula is C26H33N3O4S. The maximum Gasteiger partial charge on any atom is 0.258 e. The SMILES string of the molecule is COc1cscc1C(=O)N1CC2CN(CC[C@H](NC(=O)C3CCOC3)c3ccccc3)CC2C1. The number of ether oxygens (including phenoxy) is 2. The van der Waals surface area contributed by atoms with E-state index in [1.54, 1.807) is 7.11 Å². The molecule has 1 N–H and O–H groups in total. The number of hydrogen-bond donors (Lipinski definition) is 1. The third-order valence-electron chi connectivity index (χ3n) is 7.48. The molecule has 0 bridgehead atoms. The predicted octanol–water partition coefficient (Wildman–Crippen LogP) is 3.04. The number of thiophene rings is 1. The summed E-state index contributed by atoms with van der Waals surface area (Å²) >= 11 is 1.50. The number of carbonyl (C=O) groups excluding carboxylic acids is 2. The number of benzene rings is 1. The van der Waals surface area contributed by atoms with Crippen LogP contribution in [-0.4, -0.2) is 74.7 Å². The van der Waals surface area contributed by atoms with Crippen LogP contribution in [0, 0.1) is 17.8 Å². The Morgan fingerprint density at radius 1 is 1.15 bits per heavy atom. The van der Waals surface area contributed by atoms with E-state index >= 15 is 0 Å². The number of likely N-dealkylation sites (tertiary alicyclic amines) is 2. The monoisotopic (exact) mass is 483 g/mol. The van der Waals surface area contributed by atoms with Gasteiger partial charge in [-0.2, -0.15) is 0 Å². The number of amides is 2. The normalized spacial score (nSPS) is 25.3. The minimum absolute atomic E-state index is 0.00104. The van der Waals surface area contributed by atoms with E-state index in [9.17, 15) is 9.59 Å². The van der Waals surface area contributed by atoms with E-state index in [2.05, 4.69) is 22.3 Å². The van der Waals surface area contributed by atoms with E-state index in [1.165, 1.54) is 11.3 Å². The first-order chi connectivity index (χ1) is 16.6. The molecule has 7 nitrogen and oxygen atoms in total. The van der Waals surface area contributed by atoms with Crippen LogP contribution in [-0.2, 0) is 9.53 Å². The van der Waals surface area contributed by atoms with Gasteiger partial charge in [0.25, 0.3) is 5.91 Å². The van der Waals surface area contributed by atoms with Crippen LogP contribution in [0.2, 0.25) is 0 Å². The molecule has 3 unspecified atom stereocenters. The van der Waals surface area contributed by atoms with Crippen molar-refractivity contribution in [3.05, 3.63) is 52.2 Å². The number of fused-ring (bicyclic) bond motifs is 1. The Labute approximate surface area is 205 Å². The summed E-state index contributed by atoms with van der Waals surface area (Å²) in [6.07, 6.45) is 1.67. The van der Waals surface area contributed by atoms with Crippen LogP contribution in [0.3, 0.4) is 0 Å². The lowest BCUT2D eigenvalue weighted by Crippen LogP contribution is -2.37. The van der Waals surface area contributed by atoms with Gasteiger partial charge in [0.05, 0.1) is 31.2 Å². The second-order valence-corrected chi connectivity index (χ2v) is 10.4. The zero-order valence-corrected chi connectivity index (χ0v) is 20.5. The maximum absolute atomic E-state index is 13.0. The molecule has 3 aliphatic heterocycles. The second-order valence-electron chi connectivity index (χ2n) is 9.66. The van der Waals surface area contributed by atoms with Crippen LogP contribution in [0.5, 0.6) is 5.75 Å². The van der Waals surface area contributed by atoms with Gasteiger partial charge in [-0.1, -0.05) is 30.3 Å². The number of carbonyl (C=O) groups is 2. The van der Waals surface area contributed by atoms with Crippen molar-refractivity contribution in [3.63, 3.8) is 0 Å². The first-order valence-electron chi connectivity index (χ1n) is 12.2. The van der Waals surface area contributed by atoms with E-state index in [-0.39, 0.29) is 23.8 Å². The summed E-state index contributed by atoms with van der Waals surface area (Å²) in [6, 6.07) is 10.3. The van der Waals surface area contributed by atoms with Crippen LogP contribution in [0.25, 0.3) is 0 Å². The van der Waals surface area contributed by atoms with Crippen LogP contribution in [0.4, 0.5) is 0 Å². The van der Waals surface area contributed by atoms with Gasteiger partial charge in [0.15, 0.2) is 0 Å². The first-order valence-corrected chi connectivity index (χ1v) is 13.1. The highest BCUT2D eigenvalue weighted by Gasteiger charge is 2.42. The number of hydrogen-bond acceptors (Lipinski definition) is 6. The van der Waals surface area contributed by atoms with E-state index in [0.29, 0.717) is 36.4 Å². The minimum atomic E-state index is -0.0391. The molecule has 3 saturated heterocycles. The fourth-order valence-electron chi connectivity index (χ4n) is 5.56. The molecule has 4 heterocycles. The molecule has 1 aromatic carbocycles. The third kappa shape index (κ3) is 4.99. The second kappa shape index (κ2) is 10.5. The quantitative estimate of drug-likeness (QED) is 0.625. The van der Waals surface area contributed by atoms with Crippen molar-refractivity contribution < 1.29 is 19.1 Å². The minimum Gasteiger partial charge on any atom is -0.495 e. The summed E-state index contributed by atoms with van der Waals surface area (Å²) in [5, 5.41) is 7.06. The Bertz CT molecular complexity index is 977. The van der Waals surface area contributed by atoms with Gasteiger partial charge in [-0.15, -0.1) is 11.3 Å². The van der Waals surface area contributed by atoms with Gasteiger partial charge in [-0.25, -0.2) is 0 Å². The largest absolute Gasteiger partial charge is 0.495 e. The zero-order chi connectivity index (χ0) is 23.5. The van der Waals surface area contributed by atoms with E-state index in [4.69, 9.17) is 9.47 Å². The lowest BCUT2D eigenvalue weighted by Gasteiger charge is -2.25. The van der Waals surface area contributed by atoms with E-state index in [1.807, 2.05) is 33.9 Å². The van der Waals surface area contributed by atoms with Crippen molar-refractivity contribution in [1.82, 2.24) is 15.1 Å². The molecule has 8 heteroatoms. The molecular weight excluding hydrogens is 450 g/mol. The van der Waals surface area contributed by atoms with Gasteiger partial charge in [-0.3, -0.25) is 9.59 Å². The molecule has 1 aromatic heterocycles. The Morgan fingerprint density at radius 2 is 1.91 bits per heavy atom. The van der Waals surface area contributed by atoms with Crippen LogP contribution < -0.4 is 10.1 Å². The smallest absolute Gasteiger partial charge is 0.258 e. The van der Waals surface area contributed by atoms with Crippen molar-refractivity contribution in [2.45, 2.75) is 18.9 Å². The maximum atomic E-state index is 13.0. The van der Waals surface area contributed by atoms with Crippen molar-refractivity contribution >= 4 is 23.2 Å². The van der Waals surface area contributed by atoms with Gasteiger partial charge >= 0.3 is 0 Å². The first kappa shape index (κ1) is 23.3. The van der Waals surface area contributed by atoms with Crippen molar-refractivity contribution in [2.24, 2.45) is 17.8 Å². The number of rotatable bonds is 8. The molecule has 3 fully saturated rings. The fraction of sp³-hybridized carbons (Fsp3) is 0.538.